The van der Waals surface area contributed by atoms with Crippen LogP contribution in [0, 0.1) is 0 Å². The maximum absolute atomic E-state index is 5.57. The van der Waals surface area contributed by atoms with Crippen LogP contribution >= 0.6 is 0 Å². The number of hydrogen-bond donors (Lipinski definition) is 2. The van der Waals surface area contributed by atoms with E-state index < -0.39 is 0 Å². The Morgan fingerprint density at radius 3 is 0.765 bits per heavy atom. The molecule has 9 aromatic carbocycles. The second kappa shape index (κ2) is 36.1. The van der Waals surface area contributed by atoms with E-state index in [-0.39, 0.29) is 21.1 Å². The largest absolute Gasteiger partial charge is 0.355 e. The minimum Gasteiger partial charge on any atom is -0.355 e. The number of aryl methyl sites for hydroxylation is 3. The average Bonchev–Trinajstić information content (AvgIpc) is 1.76. The molecule has 0 saturated carbocycles. The number of rotatable bonds is 14. The summed E-state index contributed by atoms with van der Waals surface area (Å²) < 4.78 is 0. The van der Waals surface area contributed by atoms with Gasteiger partial charge in [-0.05, 0) is 212 Å². The van der Waals surface area contributed by atoms with Crippen molar-refractivity contribution in [3.8, 4) is 66.8 Å². The van der Waals surface area contributed by atoms with Crippen LogP contribution in [0.3, 0.4) is 0 Å². The summed E-state index contributed by atoms with van der Waals surface area (Å²) in [4.78, 5) is 46.5. The second-order valence-corrected chi connectivity index (χ2v) is 29.8. The van der Waals surface area contributed by atoms with Gasteiger partial charge in [0.2, 0.25) is 0 Å². The summed E-state index contributed by atoms with van der Waals surface area (Å²) in [6.45, 7) is 18.2. The first-order chi connectivity index (χ1) is 58.2. The molecule has 2 aliphatic heterocycles. The molecule has 18 aromatic rings. The Labute approximate surface area is 710 Å². The van der Waals surface area contributed by atoms with Crippen molar-refractivity contribution in [3.63, 3.8) is 0 Å². The van der Waals surface area contributed by atoms with Crippen molar-refractivity contribution >= 4 is 110 Å². The van der Waals surface area contributed by atoms with Crippen LogP contribution in [0.4, 0.5) is 0 Å². The molecule has 0 fully saturated rings. The maximum Gasteiger partial charge on any atom is 0.0970 e. The topological polar surface area (TPSA) is 135 Å². The predicted octanol–water partition coefficient (Wildman–Crippen LogP) is 28.4. The normalized spacial score (nSPS) is 11.8. The number of benzene rings is 9. The minimum atomic E-state index is 0. The first kappa shape index (κ1) is 79.6. The van der Waals surface area contributed by atoms with Gasteiger partial charge in [0, 0.05) is 124 Å². The molecule has 11 heteroatoms. The molecule has 0 aliphatic carbocycles. The summed E-state index contributed by atoms with van der Waals surface area (Å²) in [7, 11) is 0. The van der Waals surface area contributed by atoms with Crippen LogP contribution in [0.25, 0.3) is 177 Å². The van der Waals surface area contributed by atoms with E-state index in [9.17, 15) is 0 Å². The van der Waals surface area contributed by atoms with E-state index in [0.717, 1.165) is 139 Å². The van der Waals surface area contributed by atoms with Gasteiger partial charge < -0.3 is 9.97 Å². The Kier molecular flexibility index (Phi) is 24.1. The van der Waals surface area contributed by atoms with Gasteiger partial charge in [-0.15, -0.1) is 0 Å². The molecule has 0 saturated heterocycles. The second-order valence-electron chi connectivity index (χ2n) is 29.8. The van der Waals surface area contributed by atoms with Gasteiger partial charge in [-0.25, -0.2) is 9.97 Å². The van der Waals surface area contributed by atoms with Gasteiger partial charge in [-0.3, -0.25) is 29.9 Å². The van der Waals surface area contributed by atoms with Crippen molar-refractivity contribution in [1.29, 1.82) is 0 Å². The number of nitrogens with zero attached hydrogens (tertiary/aromatic N) is 8. The van der Waals surface area contributed by atoms with Crippen molar-refractivity contribution in [1.82, 2.24) is 49.8 Å². The number of H-pyrrole nitrogens is 2. The Morgan fingerprint density at radius 1 is 0.227 bits per heavy atom. The molecule has 2 N–H and O–H groups in total. The Bertz CT molecular complexity index is 6240. The zero-order chi connectivity index (χ0) is 80.6. The van der Waals surface area contributed by atoms with Gasteiger partial charge in [-0.2, -0.15) is 0 Å². The molecule has 0 amide bonds. The molecule has 586 valence electrons. The molecule has 20 rings (SSSR count). The van der Waals surface area contributed by atoms with E-state index in [1.54, 1.807) is 0 Å². The zero-order valence-electron chi connectivity index (χ0n) is 68.6. The van der Waals surface area contributed by atoms with Crippen LogP contribution in [0.15, 0.2) is 316 Å². The van der Waals surface area contributed by atoms with Gasteiger partial charge in [0.1, 0.15) is 0 Å². The number of fused-ring (bicyclic) bond motifs is 17. The molecule has 119 heavy (non-hydrogen) atoms. The SMILES string of the molecule is CCC1=C(CC)c2nc1cc1ccc(cc3[nH]c(c(CC)c4nc(c2CC)C(CC)=C4CC)c(CC)c3CC)[nH]1.[Pt].c1ccc(-c2ccnc3c2ccc2c(-c4ccccc4)ccnc23)cc1.c1ccc(-c2ccnc3c2ccc2c(-c4ccccc4)ccnc23)cc1.c1ccc(-c2ccnc3c2ccc2c(-c4ccccc4)ccnc23)cc1. The monoisotopic (exact) mass is 1730 g/mol. The molecular formula is C108H94N10Pt. The molecule has 0 spiro atoms. The molecule has 11 heterocycles. The fourth-order valence-electron chi connectivity index (χ4n) is 17.8. The number of aromatic amines is 2. The maximum atomic E-state index is 5.57. The number of aromatic nitrogens is 10. The summed E-state index contributed by atoms with van der Waals surface area (Å²) in [5.41, 5.74) is 40.3. The van der Waals surface area contributed by atoms with Crippen LogP contribution < -0.4 is 0 Å². The smallest absolute Gasteiger partial charge is 0.0970 e. The van der Waals surface area contributed by atoms with Crippen molar-refractivity contribution in [2.45, 2.75) is 107 Å². The summed E-state index contributed by atoms with van der Waals surface area (Å²) in [5, 5.41) is 6.77. The molecular weight excluding hydrogens is 1630 g/mol. The van der Waals surface area contributed by atoms with E-state index >= 15 is 0 Å². The number of hydrogen-bond acceptors (Lipinski definition) is 8. The quantitative estimate of drug-likeness (QED) is 0.103. The number of pyridine rings is 6. The molecule has 10 nitrogen and oxygen atoms in total. The molecule has 0 atom stereocenters. The van der Waals surface area contributed by atoms with Gasteiger partial charge in [-0.1, -0.05) is 274 Å². The number of allylic oxidation sites excluding steroid dienone is 4. The molecule has 8 bridgehead atoms. The fourth-order valence-corrected chi connectivity index (χ4v) is 17.8. The van der Waals surface area contributed by atoms with E-state index in [1.807, 2.05) is 73.6 Å². The summed E-state index contributed by atoms with van der Waals surface area (Å²) in [6.07, 6.45) is 19.0. The number of nitrogens with one attached hydrogen (secondary N) is 2. The van der Waals surface area contributed by atoms with Crippen molar-refractivity contribution in [2.24, 2.45) is 0 Å². The van der Waals surface area contributed by atoms with Gasteiger partial charge in [0.05, 0.1) is 55.9 Å². The van der Waals surface area contributed by atoms with Crippen LogP contribution in [-0.2, 0) is 46.7 Å². The summed E-state index contributed by atoms with van der Waals surface area (Å²) in [5.74, 6) is 0. The van der Waals surface area contributed by atoms with Gasteiger partial charge >= 0.3 is 0 Å². The Hall–Kier alpha value is -13.3. The molecule has 0 radical (unpaired) electrons. The summed E-state index contributed by atoms with van der Waals surface area (Å²) >= 11 is 0. The van der Waals surface area contributed by atoms with Crippen molar-refractivity contribution < 1.29 is 21.1 Å². The van der Waals surface area contributed by atoms with E-state index in [0.29, 0.717) is 0 Å². The Balaban J connectivity index is 0.000000120. The van der Waals surface area contributed by atoms with Crippen LogP contribution in [-0.4, -0.2) is 49.8 Å². The van der Waals surface area contributed by atoms with Crippen LogP contribution in [0.1, 0.15) is 126 Å². The summed E-state index contributed by atoms with van der Waals surface area (Å²) in [6, 6.07) is 96.9. The van der Waals surface area contributed by atoms with Crippen LogP contribution in [0.5, 0.6) is 0 Å². The van der Waals surface area contributed by atoms with E-state index in [4.69, 9.17) is 9.97 Å². The minimum absolute atomic E-state index is 0. The third-order valence-corrected chi connectivity index (χ3v) is 23.3. The van der Waals surface area contributed by atoms with E-state index in [2.05, 4.69) is 338 Å². The first-order valence-corrected chi connectivity index (χ1v) is 41.8. The third-order valence-electron chi connectivity index (χ3n) is 23.3. The van der Waals surface area contributed by atoms with Crippen molar-refractivity contribution in [2.75, 3.05) is 0 Å². The standard InChI is InChI=1S/C36H46N4.3C24H16N2.Pt/c1-9-23-25(11-3)33-29(15-7)35-27(13-5)28(14-6)36(40-35)30(16-8)34-26(12-4)24(10-2)32(39-34)20-22-18-17-21(37-22)19-31(23)38-33;3*1-3-7-17(8-4-1)19-13-15-25-23-21(19)11-12-22-20(14-16-26-24(22)23)18-9-5-2-6-10-18;/h17-20,37-38H,9-16H2,1-8H3;3*1-16H;. The predicted molar refractivity (Wildman–Crippen MR) is 497 cm³/mol. The average molecular weight is 1730 g/mol. The van der Waals surface area contributed by atoms with Gasteiger partial charge in [0.25, 0.3) is 0 Å². The zero-order valence-corrected chi connectivity index (χ0v) is 70.8. The fraction of sp³-hybridized carbons (Fsp3) is 0.148. The van der Waals surface area contributed by atoms with Crippen molar-refractivity contribution in [3.05, 3.63) is 361 Å². The van der Waals surface area contributed by atoms with E-state index in [1.165, 1.54) is 134 Å². The van der Waals surface area contributed by atoms with Gasteiger partial charge in [0.15, 0.2) is 0 Å². The first-order valence-electron chi connectivity index (χ1n) is 41.8. The Morgan fingerprint density at radius 2 is 0.487 bits per heavy atom. The molecule has 2 aliphatic rings. The van der Waals surface area contributed by atoms with Crippen LogP contribution in [0.2, 0.25) is 0 Å². The third kappa shape index (κ3) is 15.5. The molecule has 9 aromatic heterocycles. The molecule has 0 unspecified atom stereocenters.